The monoisotopic (exact) mass is 127 g/mol. The van der Waals surface area contributed by atoms with E-state index in [-0.39, 0.29) is 0 Å². The molecule has 0 heterocycles. The van der Waals surface area contributed by atoms with Crippen molar-refractivity contribution in [3.05, 3.63) is 12.0 Å². The van der Waals surface area contributed by atoms with E-state index in [4.69, 9.17) is 4.74 Å². The molecule has 0 saturated carbocycles. The summed E-state index contributed by atoms with van der Waals surface area (Å²) in [6.07, 6.45) is 1.61. The van der Waals surface area contributed by atoms with Gasteiger partial charge < -0.3 is 4.74 Å². The lowest BCUT2D eigenvalue weighted by Gasteiger charge is -2.02. The minimum Gasteiger partial charge on any atom is -0.502 e. The Hall–Kier alpha value is -0.790. The molecule has 52 valence electrons. The van der Waals surface area contributed by atoms with Crippen LogP contribution < -0.4 is 0 Å². The SMILES string of the molecule is C=N/C(=C\OC)C(C)C. The van der Waals surface area contributed by atoms with E-state index in [0.717, 1.165) is 5.70 Å². The van der Waals surface area contributed by atoms with Gasteiger partial charge in [-0.05, 0) is 12.6 Å². The van der Waals surface area contributed by atoms with Gasteiger partial charge in [0.25, 0.3) is 0 Å². The molecule has 0 atom stereocenters. The largest absolute Gasteiger partial charge is 0.502 e. The molecule has 0 amide bonds. The number of methoxy groups -OCH3 is 1. The molecule has 0 bridgehead atoms. The highest BCUT2D eigenvalue weighted by molar-refractivity contribution is 5.28. The van der Waals surface area contributed by atoms with Gasteiger partial charge in [0.15, 0.2) is 0 Å². The first-order chi connectivity index (χ1) is 4.22. The third-order valence-corrected chi connectivity index (χ3v) is 1.01. The van der Waals surface area contributed by atoms with Gasteiger partial charge in [0, 0.05) is 0 Å². The number of aliphatic imine (C=N–C) groups is 1. The van der Waals surface area contributed by atoms with Gasteiger partial charge in [-0.1, -0.05) is 13.8 Å². The van der Waals surface area contributed by atoms with Gasteiger partial charge in [-0.15, -0.1) is 0 Å². The zero-order chi connectivity index (χ0) is 7.28. The third kappa shape index (κ3) is 2.90. The van der Waals surface area contributed by atoms with E-state index < -0.39 is 0 Å². The number of ether oxygens (including phenoxy) is 1. The van der Waals surface area contributed by atoms with Gasteiger partial charge in [-0.2, -0.15) is 0 Å². The highest BCUT2D eigenvalue weighted by atomic mass is 16.5. The summed E-state index contributed by atoms with van der Waals surface area (Å²) in [4.78, 5) is 3.76. The van der Waals surface area contributed by atoms with Crippen molar-refractivity contribution in [3.8, 4) is 0 Å². The van der Waals surface area contributed by atoms with Crippen molar-refractivity contribution in [2.24, 2.45) is 10.9 Å². The van der Waals surface area contributed by atoms with Crippen LogP contribution in [0.15, 0.2) is 17.0 Å². The van der Waals surface area contributed by atoms with Crippen molar-refractivity contribution < 1.29 is 4.74 Å². The molecular formula is C7H13NO. The number of allylic oxidation sites excluding steroid dienone is 1. The molecule has 0 aliphatic carbocycles. The molecule has 0 aromatic carbocycles. The smallest absolute Gasteiger partial charge is 0.104 e. The van der Waals surface area contributed by atoms with Crippen molar-refractivity contribution in [2.45, 2.75) is 13.8 Å². The molecule has 0 N–H and O–H groups in total. The first-order valence-corrected chi connectivity index (χ1v) is 2.92. The standard InChI is InChI=1S/C7H13NO/c1-6(2)7(8-3)5-9-4/h5-6H,3H2,1-2,4H3/b7-5-. The number of rotatable bonds is 3. The van der Waals surface area contributed by atoms with Crippen molar-refractivity contribution in [3.63, 3.8) is 0 Å². The van der Waals surface area contributed by atoms with Gasteiger partial charge in [0.1, 0.15) is 6.26 Å². The molecule has 0 aromatic rings. The highest BCUT2D eigenvalue weighted by Gasteiger charge is 1.97. The van der Waals surface area contributed by atoms with Crippen molar-refractivity contribution >= 4 is 6.72 Å². The molecule has 0 rings (SSSR count). The Morgan fingerprint density at radius 3 is 2.33 bits per heavy atom. The lowest BCUT2D eigenvalue weighted by molar-refractivity contribution is 0.329. The van der Waals surface area contributed by atoms with E-state index in [1.165, 1.54) is 0 Å². The zero-order valence-corrected chi connectivity index (χ0v) is 6.22. The molecule has 2 heteroatoms. The van der Waals surface area contributed by atoms with Crippen LogP contribution in [0.1, 0.15) is 13.8 Å². The van der Waals surface area contributed by atoms with Crippen LogP contribution in [0.4, 0.5) is 0 Å². The number of nitrogens with zero attached hydrogens (tertiary/aromatic N) is 1. The molecular weight excluding hydrogens is 114 g/mol. The van der Waals surface area contributed by atoms with E-state index in [0.29, 0.717) is 5.92 Å². The second-order valence-corrected chi connectivity index (χ2v) is 2.09. The van der Waals surface area contributed by atoms with Gasteiger partial charge in [0.05, 0.1) is 12.8 Å². The van der Waals surface area contributed by atoms with E-state index in [2.05, 4.69) is 11.7 Å². The predicted molar refractivity (Wildman–Crippen MR) is 39.5 cm³/mol. The first kappa shape index (κ1) is 8.21. The molecule has 0 aliphatic heterocycles. The van der Waals surface area contributed by atoms with Gasteiger partial charge in [-0.25, -0.2) is 0 Å². The number of hydrogen-bond donors (Lipinski definition) is 0. The maximum Gasteiger partial charge on any atom is 0.104 e. The molecule has 0 saturated heterocycles. The average molecular weight is 127 g/mol. The van der Waals surface area contributed by atoms with Gasteiger partial charge in [-0.3, -0.25) is 4.99 Å². The van der Waals surface area contributed by atoms with E-state index in [9.17, 15) is 0 Å². The van der Waals surface area contributed by atoms with Crippen LogP contribution in [0.2, 0.25) is 0 Å². The summed E-state index contributed by atoms with van der Waals surface area (Å²) in [6.45, 7) is 7.48. The van der Waals surface area contributed by atoms with Crippen LogP contribution in [0.3, 0.4) is 0 Å². The predicted octanol–water partition coefficient (Wildman–Crippen LogP) is 1.83. The van der Waals surface area contributed by atoms with Crippen molar-refractivity contribution in [1.29, 1.82) is 0 Å². The molecule has 0 unspecified atom stereocenters. The Bertz CT molecular complexity index is 116. The second kappa shape index (κ2) is 4.13. The Labute approximate surface area is 56.2 Å². The maximum absolute atomic E-state index is 4.76. The summed E-state index contributed by atoms with van der Waals surface area (Å²) in [5, 5.41) is 0. The molecule has 9 heavy (non-hydrogen) atoms. The van der Waals surface area contributed by atoms with Crippen molar-refractivity contribution in [2.75, 3.05) is 7.11 Å². The van der Waals surface area contributed by atoms with Crippen molar-refractivity contribution in [1.82, 2.24) is 0 Å². The quantitative estimate of drug-likeness (QED) is 0.418. The van der Waals surface area contributed by atoms with Crippen LogP contribution in [0.5, 0.6) is 0 Å². The van der Waals surface area contributed by atoms with E-state index in [1.54, 1.807) is 13.4 Å². The highest BCUT2D eigenvalue weighted by Crippen LogP contribution is 2.08. The Morgan fingerprint density at radius 1 is 1.67 bits per heavy atom. The van der Waals surface area contributed by atoms with E-state index in [1.807, 2.05) is 13.8 Å². The van der Waals surface area contributed by atoms with Crippen LogP contribution in [0.25, 0.3) is 0 Å². The second-order valence-electron chi connectivity index (χ2n) is 2.09. The molecule has 0 aliphatic rings. The molecule has 0 radical (unpaired) electrons. The normalized spacial score (nSPS) is 11.8. The summed E-state index contributed by atoms with van der Waals surface area (Å²) in [5.74, 6) is 0.391. The topological polar surface area (TPSA) is 21.6 Å². The average Bonchev–Trinajstić information content (AvgIpc) is 1.82. The fourth-order valence-corrected chi connectivity index (χ4v) is 0.477. The summed E-state index contributed by atoms with van der Waals surface area (Å²) >= 11 is 0. The van der Waals surface area contributed by atoms with Crippen LogP contribution in [-0.2, 0) is 4.74 Å². The fraction of sp³-hybridized carbons (Fsp3) is 0.571. The number of hydrogen-bond acceptors (Lipinski definition) is 2. The Kier molecular flexibility index (Phi) is 3.76. The molecule has 0 aromatic heterocycles. The summed E-state index contributed by atoms with van der Waals surface area (Å²) in [7, 11) is 1.60. The van der Waals surface area contributed by atoms with Crippen LogP contribution >= 0.6 is 0 Å². The third-order valence-electron chi connectivity index (χ3n) is 1.01. The summed E-state index contributed by atoms with van der Waals surface area (Å²) in [5.41, 5.74) is 0.887. The van der Waals surface area contributed by atoms with Gasteiger partial charge >= 0.3 is 0 Å². The fourth-order valence-electron chi connectivity index (χ4n) is 0.477. The minimum atomic E-state index is 0.391. The molecule has 0 spiro atoms. The Balaban J connectivity index is 3.97. The van der Waals surface area contributed by atoms with Crippen LogP contribution in [0, 0.1) is 5.92 Å². The van der Waals surface area contributed by atoms with Gasteiger partial charge in [0.2, 0.25) is 0 Å². The molecule has 2 nitrogen and oxygen atoms in total. The first-order valence-electron chi connectivity index (χ1n) is 2.92. The van der Waals surface area contributed by atoms with E-state index >= 15 is 0 Å². The minimum absolute atomic E-state index is 0.391. The zero-order valence-electron chi connectivity index (χ0n) is 6.22. The van der Waals surface area contributed by atoms with Crippen LogP contribution in [-0.4, -0.2) is 13.8 Å². The Morgan fingerprint density at radius 2 is 2.22 bits per heavy atom. The molecule has 0 fully saturated rings. The summed E-state index contributed by atoms with van der Waals surface area (Å²) < 4.78 is 4.76. The lowest BCUT2D eigenvalue weighted by atomic mass is 10.2. The summed E-state index contributed by atoms with van der Waals surface area (Å²) in [6, 6.07) is 0. The lowest BCUT2D eigenvalue weighted by Crippen LogP contribution is -1.90. The maximum atomic E-state index is 4.76.